The van der Waals surface area contributed by atoms with Crippen LogP contribution in [-0.2, 0) is 0 Å². The predicted octanol–water partition coefficient (Wildman–Crippen LogP) is 3.16. The van der Waals surface area contributed by atoms with E-state index >= 15 is 0 Å². The molecule has 0 atom stereocenters. The van der Waals surface area contributed by atoms with E-state index in [1.54, 1.807) is 7.11 Å². The Hall–Kier alpha value is -2.49. The van der Waals surface area contributed by atoms with Crippen LogP contribution >= 0.6 is 0 Å². The van der Waals surface area contributed by atoms with E-state index < -0.39 is 0 Å². The van der Waals surface area contributed by atoms with E-state index in [0.717, 1.165) is 37.6 Å². The third-order valence-corrected chi connectivity index (χ3v) is 4.23. The van der Waals surface area contributed by atoms with Crippen molar-refractivity contribution in [3.8, 4) is 5.75 Å². The molecule has 1 saturated heterocycles. The first-order chi connectivity index (χ1) is 11.3. The SMILES string of the molecule is COc1ccccc1N1CCN(N=Cc2ccccc2C)CC1. The normalized spacial score (nSPS) is 15.2. The summed E-state index contributed by atoms with van der Waals surface area (Å²) in [4.78, 5) is 2.36. The number of benzene rings is 2. The van der Waals surface area contributed by atoms with E-state index in [2.05, 4.69) is 52.3 Å². The van der Waals surface area contributed by atoms with Crippen molar-refractivity contribution in [2.75, 3.05) is 38.2 Å². The van der Waals surface area contributed by atoms with Crippen LogP contribution in [0.4, 0.5) is 5.69 Å². The Bertz CT molecular complexity index is 676. The molecule has 0 saturated carbocycles. The summed E-state index contributed by atoms with van der Waals surface area (Å²) >= 11 is 0. The number of para-hydroxylation sites is 2. The highest BCUT2D eigenvalue weighted by Crippen LogP contribution is 2.28. The van der Waals surface area contributed by atoms with Gasteiger partial charge in [0.15, 0.2) is 0 Å². The molecule has 1 aliphatic rings. The molecular formula is C19H23N3O. The standard InChI is InChI=1S/C19H23N3O/c1-16-7-3-4-8-17(16)15-20-22-13-11-21(12-14-22)18-9-5-6-10-19(18)23-2/h3-10,15H,11-14H2,1-2H3. The van der Waals surface area contributed by atoms with Crippen molar-refractivity contribution in [2.45, 2.75) is 6.92 Å². The zero-order valence-electron chi connectivity index (χ0n) is 13.8. The van der Waals surface area contributed by atoms with Crippen molar-refractivity contribution < 1.29 is 4.74 Å². The van der Waals surface area contributed by atoms with Crippen molar-refractivity contribution in [1.82, 2.24) is 5.01 Å². The minimum Gasteiger partial charge on any atom is -0.495 e. The van der Waals surface area contributed by atoms with Gasteiger partial charge in [0.1, 0.15) is 5.75 Å². The molecule has 23 heavy (non-hydrogen) atoms. The summed E-state index contributed by atoms with van der Waals surface area (Å²) in [5, 5.41) is 6.77. The number of piperazine rings is 1. The van der Waals surface area contributed by atoms with Gasteiger partial charge in [-0.25, -0.2) is 0 Å². The highest BCUT2D eigenvalue weighted by molar-refractivity contribution is 5.81. The van der Waals surface area contributed by atoms with Crippen LogP contribution < -0.4 is 9.64 Å². The van der Waals surface area contributed by atoms with Crippen LogP contribution in [0.2, 0.25) is 0 Å². The van der Waals surface area contributed by atoms with Gasteiger partial charge >= 0.3 is 0 Å². The topological polar surface area (TPSA) is 28.1 Å². The fourth-order valence-electron chi connectivity index (χ4n) is 2.82. The van der Waals surface area contributed by atoms with Crippen molar-refractivity contribution in [2.24, 2.45) is 5.10 Å². The Morgan fingerprint density at radius 3 is 2.39 bits per heavy atom. The van der Waals surface area contributed by atoms with Gasteiger partial charge < -0.3 is 9.64 Å². The molecule has 1 heterocycles. The number of rotatable bonds is 4. The van der Waals surface area contributed by atoms with Crippen molar-refractivity contribution in [3.63, 3.8) is 0 Å². The highest BCUT2D eigenvalue weighted by atomic mass is 16.5. The van der Waals surface area contributed by atoms with Crippen LogP contribution in [0.15, 0.2) is 53.6 Å². The molecule has 1 aliphatic heterocycles. The molecule has 0 unspecified atom stereocenters. The van der Waals surface area contributed by atoms with Crippen LogP contribution in [0.25, 0.3) is 0 Å². The quantitative estimate of drug-likeness (QED) is 0.812. The summed E-state index contributed by atoms with van der Waals surface area (Å²) in [7, 11) is 1.72. The highest BCUT2D eigenvalue weighted by Gasteiger charge is 2.18. The minimum atomic E-state index is 0.917. The van der Waals surface area contributed by atoms with Crippen molar-refractivity contribution >= 4 is 11.9 Å². The van der Waals surface area contributed by atoms with Gasteiger partial charge in [-0.1, -0.05) is 36.4 Å². The third kappa shape index (κ3) is 3.65. The minimum absolute atomic E-state index is 0.917. The molecule has 0 spiro atoms. The first-order valence-electron chi connectivity index (χ1n) is 8.00. The Balaban J connectivity index is 1.61. The van der Waals surface area contributed by atoms with E-state index in [4.69, 9.17) is 4.74 Å². The van der Waals surface area contributed by atoms with Crippen LogP contribution in [0.5, 0.6) is 5.75 Å². The van der Waals surface area contributed by atoms with Gasteiger partial charge in [0.05, 0.1) is 32.1 Å². The van der Waals surface area contributed by atoms with Crippen molar-refractivity contribution in [3.05, 3.63) is 59.7 Å². The first-order valence-corrected chi connectivity index (χ1v) is 8.00. The molecule has 2 aromatic carbocycles. The first kappa shape index (κ1) is 15.4. The van der Waals surface area contributed by atoms with Crippen molar-refractivity contribution in [1.29, 1.82) is 0 Å². The lowest BCUT2D eigenvalue weighted by atomic mass is 10.1. The monoisotopic (exact) mass is 309 g/mol. The molecule has 0 bridgehead atoms. The van der Waals surface area contributed by atoms with E-state index in [0.29, 0.717) is 0 Å². The molecular weight excluding hydrogens is 286 g/mol. The zero-order valence-corrected chi connectivity index (χ0v) is 13.8. The van der Waals surface area contributed by atoms with Gasteiger partial charge in [-0.3, -0.25) is 5.01 Å². The van der Waals surface area contributed by atoms with Crippen LogP contribution in [0.3, 0.4) is 0 Å². The second-order valence-corrected chi connectivity index (χ2v) is 5.71. The smallest absolute Gasteiger partial charge is 0.142 e. The molecule has 3 rings (SSSR count). The third-order valence-electron chi connectivity index (χ3n) is 4.23. The molecule has 0 amide bonds. The molecule has 2 aromatic rings. The molecule has 4 nitrogen and oxygen atoms in total. The predicted molar refractivity (Wildman–Crippen MR) is 95.6 cm³/mol. The molecule has 120 valence electrons. The summed E-state index contributed by atoms with van der Waals surface area (Å²) in [6.07, 6.45) is 1.97. The van der Waals surface area contributed by atoms with Gasteiger partial charge in [-0.2, -0.15) is 5.10 Å². The number of anilines is 1. The summed E-state index contributed by atoms with van der Waals surface area (Å²) in [5.41, 5.74) is 3.60. The number of nitrogens with zero attached hydrogens (tertiary/aromatic N) is 3. The number of ether oxygens (including phenoxy) is 1. The number of hydrazone groups is 1. The van der Waals surface area contributed by atoms with Gasteiger partial charge in [-0.15, -0.1) is 0 Å². The summed E-state index contributed by atoms with van der Waals surface area (Å²) in [6, 6.07) is 16.5. The summed E-state index contributed by atoms with van der Waals surface area (Å²) in [6.45, 7) is 5.85. The lowest BCUT2D eigenvalue weighted by molar-refractivity contribution is 0.271. The van der Waals surface area contributed by atoms with Crippen LogP contribution in [-0.4, -0.2) is 44.5 Å². The van der Waals surface area contributed by atoms with E-state index in [1.807, 2.05) is 24.4 Å². The number of methoxy groups -OCH3 is 1. The average molecular weight is 309 g/mol. The lowest BCUT2D eigenvalue weighted by Gasteiger charge is -2.35. The molecule has 0 N–H and O–H groups in total. The molecule has 0 radical (unpaired) electrons. The maximum Gasteiger partial charge on any atom is 0.142 e. The van der Waals surface area contributed by atoms with Gasteiger partial charge in [0.25, 0.3) is 0 Å². The Labute approximate surface area is 138 Å². The molecule has 1 fully saturated rings. The van der Waals surface area contributed by atoms with Gasteiger partial charge in [0.2, 0.25) is 0 Å². The summed E-state index contributed by atoms with van der Waals surface area (Å²) in [5.74, 6) is 0.935. The Morgan fingerprint density at radius 1 is 0.957 bits per heavy atom. The van der Waals surface area contributed by atoms with Gasteiger partial charge in [-0.05, 0) is 30.2 Å². The Morgan fingerprint density at radius 2 is 1.65 bits per heavy atom. The molecule has 4 heteroatoms. The average Bonchev–Trinajstić information content (AvgIpc) is 2.61. The second-order valence-electron chi connectivity index (χ2n) is 5.71. The van der Waals surface area contributed by atoms with E-state index in [9.17, 15) is 0 Å². The van der Waals surface area contributed by atoms with E-state index in [-0.39, 0.29) is 0 Å². The maximum absolute atomic E-state index is 5.46. The fraction of sp³-hybridized carbons (Fsp3) is 0.316. The molecule has 0 aromatic heterocycles. The summed E-state index contributed by atoms with van der Waals surface area (Å²) < 4.78 is 5.46. The van der Waals surface area contributed by atoms with Crippen LogP contribution in [0, 0.1) is 6.92 Å². The second kappa shape index (κ2) is 7.18. The number of aryl methyl sites for hydroxylation is 1. The van der Waals surface area contributed by atoms with E-state index in [1.165, 1.54) is 11.1 Å². The lowest BCUT2D eigenvalue weighted by Crippen LogP contribution is -2.44. The van der Waals surface area contributed by atoms with Gasteiger partial charge in [0, 0.05) is 13.1 Å². The molecule has 0 aliphatic carbocycles. The number of hydrogen-bond acceptors (Lipinski definition) is 4. The largest absolute Gasteiger partial charge is 0.495 e. The Kier molecular flexibility index (Phi) is 4.81. The number of hydrogen-bond donors (Lipinski definition) is 0. The maximum atomic E-state index is 5.46. The van der Waals surface area contributed by atoms with Crippen LogP contribution in [0.1, 0.15) is 11.1 Å². The zero-order chi connectivity index (χ0) is 16.1. The fourth-order valence-corrected chi connectivity index (χ4v) is 2.82.